The second-order valence-electron chi connectivity index (χ2n) is 7.24. The van der Waals surface area contributed by atoms with Gasteiger partial charge < -0.3 is 14.5 Å². The van der Waals surface area contributed by atoms with E-state index in [0.717, 1.165) is 12.0 Å². The van der Waals surface area contributed by atoms with E-state index in [1.807, 2.05) is 36.1 Å². The molecule has 1 fully saturated rings. The molecule has 0 unspecified atom stereocenters. The maximum atomic E-state index is 13.2. The first-order valence-corrected chi connectivity index (χ1v) is 10.2. The van der Waals surface area contributed by atoms with Crippen molar-refractivity contribution in [3.05, 3.63) is 54.0 Å². The third-order valence-corrected chi connectivity index (χ3v) is 5.40. The van der Waals surface area contributed by atoms with Crippen molar-refractivity contribution >= 4 is 23.3 Å². The summed E-state index contributed by atoms with van der Waals surface area (Å²) in [4.78, 5) is 40.5. The van der Waals surface area contributed by atoms with Gasteiger partial charge in [-0.3, -0.25) is 14.5 Å². The van der Waals surface area contributed by atoms with E-state index >= 15 is 0 Å². The summed E-state index contributed by atoms with van der Waals surface area (Å²) in [5.41, 5.74) is 1.70. The molecule has 0 radical (unpaired) electrons. The Morgan fingerprint density at radius 3 is 2.17 bits per heavy atom. The molecule has 0 bridgehead atoms. The lowest BCUT2D eigenvalue weighted by atomic mass is 10.0. The van der Waals surface area contributed by atoms with Gasteiger partial charge >= 0.3 is 0 Å². The van der Waals surface area contributed by atoms with E-state index in [-0.39, 0.29) is 11.8 Å². The Hall–Kier alpha value is -3.42. The van der Waals surface area contributed by atoms with Gasteiger partial charge in [0.05, 0.1) is 12.7 Å². The second-order valence-corrected chi connectivity index (χ2v) is 7.24. The van der Waals surface area contributed by atoms with Crippen LogP contribution in [-0.2, 0) is 9.59 Å². The van der Waals surface area contributed by atoms with Gasteiger partial charge in [0.15, 0.2) is 0 Å². The lowest BCUT2D eigenvalue weighted by molar-refractivity contribution is -0.137. The van der Waals surface area contributed by atoms with E-state index in [0.29, 0.717) is 55.7 Å². The number of anilines is 1. The molecule has 2 aliphatic rings. The van der Waals surface area contributed by atoms with Gasteiger partial charge in [0, 0.05) is 45.1 Å². The first-order valence-electron chi connectivity index (χ1n) is 10.2. The van der Waals surface area contributed by atoms with Crippen LogP contribution < -0.4 is 9.64 Å². The fourth-order valence-electron chi connectivity index (χ4n) is 3.89. The Morgan fingerprint density at radius 1 is 0.933 bits per heavy atom. The minimum Gasteiger partial charge on any atom is -0.497 e. The van der Waals surface area contributed by atoms with Crippen LogP contribution in [-0.4, -0.2) is 71.4 Å². The molecular weight excluding hydrogens is 382 g/mol. The number of hydrogen-bond donors (Lipinski definition) is 0. The van der Waals surface area contributed by atoms with Crippen LogP contribution in [0.5, 0.6) is 5.75 Å². The number of carbonyl (C=O) groups excluding carboxylic acids is 2. The number of benzene rings is 1. The Labute approximate surface area is 175 Å². The highest BCUT2D eigenvalue weighted by Gasteiger charge is 2.41. The smallest absolute Gasteiger partial charge is 0.277 e. The fourth-order valence-corrected chi connectivity index (χ4v) is 3.89. The van der Waals surface area contributed by atoms with Crippen LogP contribution in [0.25, 0.3) is 5.57 Å². The highest BCUT2D eigenvalue weighted by Crippen LogP contribution is 2.33. The Kier molecular flexibility index (Phi) is 5.65. The van der Waals surface area contributed by atoms with Gasteiger partial charge in [0.2, 0.25) is 5.95 Å². The number of nitrogens with zero attached hydrogens (tertiary/aromatic N) is 5. The monoisotopic (exact) mass is 407 g/mol. The predicted molar refractivity (Wildman–Crippen MR) is 113 cm³/mol. The molecule has 2 amide bonds. The normalized spacial score (nSPS) is 17.2. The number of piperazine rings is 1. The predicted octanol–water partition coefficient (Wildman–Crippen LogP) is 1.80. The molecule has 0 saturated carbocycles. The zero-order chi connectivity index (χ0) is 21.1. The van der Waals surface area contributed by atoms with Crippen LogP contribution in [0, 0.1) is 0 Å². The minimum atomic E-state index is -0.226. The molecule has 2 aliphatic heterocycles. The summed E-state index contributed by atoms with van der Waals surface area (Å²) in [6.07, 6.45) is 4.17. The van der Waals surface area contributed by atoms with Crippen molar-refractivity contribution in [2.24, 2.45) is 0 Å². The molecule has 2 aromatic rings. The number of methoxy groups -OCH3 is 1. The summed E-state index contributed by atoms with van der Waals surface area (Å²) in [7, 11) is 1.60. The third-order valence-electron chi connectivity index (χ3n) is 5.40. The van der Waals surface area contributed by atoms with Crippen LogP contribution >= 0.6 is 0 Å². The van der Waals surface area contributed by atoms with Gasteiger partial charge in [0.25, 0.3) is 11.8 Å². The quantitative estimate of drug-likeness (QED) is 0.676. The number of rotatable bonds is 6. The molecule has 30 heavy (non-hydrogen) atoms. The maximum Gasteiger partial charge on any atom is 0.277 e. The standard InChI is InChI=1S/C22H25N5O3/c1-3-11-27-20(28)18(16-5-7-17(30-2)8-6-16)19(21(27)29)25-12-14-26(15-13-25)22-23-9-4-10-24-22/h4-10H,3,11-15H2,1-2H3. The van der Waals surface area contributed by atoms with Crippen LogP contribution in [0.1, 0.15) is 18.9 Å². The van der Waals surface area contributed by atoms with Crippen LogP contribution in [0.2, 0.25) is 0 Å². The summed E-state index contributed by atoms with van der Waals surface area (Å²) in [5, 5.41) is 0. The van der Waals surface area contributed by atoms with Crippen molar-refractivity contribution < 1.29 is 14.3 Å². The molecule has 0 N–H and O–H groups in total. The van der Waals surface area contributed by atoms with Gasteiger partial charge in [-0.15, -0.1) is 0 Å². The lowest BCUT2D eigenvalue weighted by Crippen LogP contribution is -2.48. The van der Waals surface area contributed by atoms with Crippen molar-refractivity contribution in [2.45, 2.75) is 13.3 Å². The third kappa shape index (κ3) is 3.60. The second kappa shape index (κ2) is 8.52. The SMILES string of the molecule is CCCN1C(=O)C(c2ccc(OC)cc2)=C(N2CCN(c3ncccn3)CC2)C1=O. The molecule has 1 aromatic carbocycles. The van der Waals surface area contributed by atoms with Crippen LogP contribution in [0.4, 0.5) is 5.95 Å². The van der Waals surface area contributed by atoms with Crippen LogP contribution in [0.3, 0.4) is 0 Å². The number of ether oxygens (including phenoxy) is 1. The van der Waals surface area contributed by atoms with Crippen molar-refractivity contribution in [1.29, 1.82) is 0 Å². The zero-order valence-corrected chi connectivity index (χ0v) is 17.2. The van der Waals surface area contributed by atoms with E-state index in [9.17, 15) is 9.59 Å². The van der Waals surface area contributed by atoms with E-state index in [1.54, 1.807) is 25.6 Å². The summed E-state index contributed by atoms with van der Waals surface area (Å²) < 4.78 is 5.23. The Bertz CT molecular complexity index is 950. The van der Waals surface area contributed by atoms with Gasteiger partial charge in [0.1, 0.15) is 11.4 Å². The van der Waals surface area contributed by atoms with Gasteiger partial charge in [-0.25, -0.2) is 9.97 Å². The molecule has 4 rings (SSSR count). The molecule has 156 valence electrons. The van der Waals surface area contributed by atoms with Crippen LogP contribution in [0.15, 0.2) is 48.4 Å². The van der Waals surface area contributed by atoms with Crippen molar-refractivity contribution in [3.8, 4) is 5.75 Å². The Morgan fingerprint density at radius 2 is 1.57 bits per heavy atom. The first kappa shape index (κ1) is 19.9. The molecular formula is C22H25N5O3. The van der Waals surface area contributed by atoms with Crippen molar-refractivity contribution in [3.63, 3.8) is 0 Å². The highest BCUT2D eigenvalue weighted by atomic mass is 16.5. The summed E-state index contributed by atoms with van der Waals surface area (Å²) in [5.74, 6) is 0.954. The molecule has 8 nitrogen and oxygen atoms in total. The number of imide groups is 1. The van der Waals surface area contributed by atoms with Gasteiger partial charge in [-0.05, 0) is 30.2 Å². The van der Waals surface area contributed by atoms with Crippen molar-refractivity contribution in [1.82, 2.24) is 19.8 Å². The number of hydrogen-bond acceptors (Lipinski definition) is 7. The lowest BCUT2D eigenvalue weighted by Gasteiger charge is -2.36. The van der Waals surface area contributed by atoms with Gasteiger partial charge in [-0.2, -0.15) is 0 Å². The average molecular weight is 407 g/mol. The largest absolute Gasteiger partial charge is 0.497 e. The van der Waals surface area contributed by atoms with E-state index in [4.69, 9.17) is 4.74 Å². The zero-order valence-electron chi connectivity index (χ0n) is 17.2. The molecule has 0 aliphatic carbocycles. The molecule has 0 spiro atoms. The molecule has 8 heteroatoms. The maximum absolute atomic E-state index is 13.2. The minimum absolute atomic E-state index is 0.211. The average Bonchev–Trinajstić information content (AvgIpc) is 3.05. The summed E-state index contributed by atoms with van der Waals surface area (Å²) in [6.45, 7) is 4.97. The Balaban J connectivity index is 1.64. The summed E-state index contributed by atoms with van der Waals surface area (Å²) >= 11 is 0. The number of carbonyl (C=O) groups is 2. The fraction of sp³-hybridized carbons (Fsp3) is 0.364. The summed E-state index contributed by atoms with van der Waals surface area (Å²) in [6, 6.07) is 9.08. The first-order chi connectivity index (χ1) is 14.6. The molecule has 3 heterocycles. The van der Waals surface area contributed by atoms with E-state index in [1.165, 1.54) is 4.90 Å². The molecule has 0 atom stereocenters. The van der Waals surface area contributed by atoms with E-state index < -0.39 is 0 Å². The topological polar surface area (TPSA) is 78.9 Å². The number of aromatic nitrogens is 2. The van der Waals surface area contributed by atoms with Gasteiger partial charge in [-0.1, -0.05) is 19.1 Å². The number of amides is 2. The molecule has 1 aromatic heterocycles. The van der Waals surface area contributed by atoms with Crippen molar-refractivity contribution in [2.75, 3.05) is 44.7 Å². The molecule has 1 saturated heterocycles. The highest BCUT2D eigenvalue weighted by molar-refractivity contribution is 6.35. The van der Waals surface area contributed by atoms with E-state index in [2.05, 4.69) is 14.9 Å².